The van der Waals surface area contributed by atoms with Crippen molar-refractivity contribution in [3.8, 4) is 0 Å². The van der Waals surface area contributed by atoms with Crippen molar-refractivity contribution < 1.29 is 0 Å². The van der Waals surface area contributed by atoms with Gasteiger partial charge in [-0.15, -0.1) is 0 Å². The second-order valence-electron chi connectivity index (χ2n) is 4.55. The van der Waals surface area contributed by atoms with Crippen LogP contribution in [0.5, 0.6) is 0 Å². The summed E-state index contributed by atoms with van der Waals surface area (Å²) >= 11 is 3.75. The van der Waals surface area contributed by atoms with E-state index in [-0.39, 0.29) is 0 Å². The van der Waals surface area contributed by atoms with Gasteiger partial charge in [-0.3, -0.25) is 0 Å². The SMILES string of the molecule is CCCCCCc1ccc(N=C2SCCS2)cc1. The number of unbranched alkanes of at least 4 members (excludes halogenated alkanes) is 3. The van der Waals surface area contributed by atoms with Crippen LogP contribution in [0.4, 0.5) is 5.69 Å². The van der Waals surface area contributed by atoms with E-state index in [9.17, 15) is 0 Å². The minimum Gasteiger partial charge on any atom is -0.235 e. The maximum atomic E-state index is 4.65. The molecule has 0 bridgehead atoms. The first-order valence-corrected chi connectivity index (χ1v) is 8.79. The molecule has 0 aromatic heterocycles. The molecule has 1 fully saturated rings. The number of rotatable bonds is 6. The van der Waals surface area contributed by atoms with Crippen LogP contribution in [0.2, 0.25) is 0 Å². The van der Waals surface area contributed by atoms with Crippen LogP contribution in [0.3, 0.4) is 0 Å². The van der Waals surface area contributed by atoms with Crippen molar-refractivity contribution in [1.29, 1.82) is 0 Å². The number of benzene rings is 1. The van der Waals surface area contributed by atoms with Gasteiger partial charge in [-0.25, -0.2) is 4.99 Å². The van der Waals surface area contributed by atoms with Gasteiger partial charge in [-0.2, -0.15) is 0 Å². The first-order valence-electron chi connectivity index (χ1n) is 6.81. The largest absolute Gasteiger partial charge is 0.235 e. The summed E-state index contributed by atoms with van der Waals surface area (Å²) in [7, 11) is 0. The van der Waals surface area contributed by atoms with Crippen LogP contribution in [0, 0.1) is 0 Å². The molecule has 0 unspecified atom stereocenters. The van der Waals surface area contributed by atoms with Crippen molar-refractivity contribution in [2.45, 2.75) is 39.0 Å². The smallest absolute Gasteiger partial charge is 0.130 e. The fraction of sp³-hybridized carbons (Fsp3) is 0.533. The molecular weight excluding hydrogens is 258 g/mol. The molecule has 1 saturated heterocycles. The van der Waals surface area contributed by atoms with E-state index in [1.807, 2.05) is 23.5 Å². The van der Waals surface area contributed by atoms with Crippen LogP contribution in [0.15, 0.2) is 29.3 Å². The summed E-state index contributed by atoms with van der Waals surface area (Å²) in [6, 6.07) is 8.77. The van der Waals surface area contributed by atoms with Crippen LogP contribution >= 0.6 is 23.5 Å². The van der Waals surface area contributed by atoms with E-state index in [2.05, 4.69) is 36.2 Å². The van der Waals surface area contributed by atoms with Gasteiger partial charge in [0.05, 0.1) is 5.69 Å². The lowest BCUT2D eigenvalue weighted by atomic mass is 10.1. The molecule has 1 heterocycles. The predicted octanol–water partition coefficient (Wildman–Crippen LogP) is 5.28. The third-order valence-corrected chi connectivity index (χ3v) is 5.47. The Morgan fingerprint density at radius 3 is 2.39 bits per heavy atom. The van der Waals surface area contributed by atoms with Crippen molar-refractivity contribution in [2.75, 3.05) is 11.5 Å². The van der Waals surface area contributed by atoms with E-state index in [1.54, 1.807) is 0 Å². The van der Waals surface area contributed by atoms with Gasteiger partial charge in [0.1, 0.15) is 4.38 Å². The second-order valence-corrected chi connectivity index (χ2v) is 6.98. The molecule has 0 spiro atoms. The van der Waals surface area contributed by atoms with Gasteiger partial charge in [0.25, 0.3) is 0 Å². The normalized spacial score (nSPS) is 15.1. The molecule has 2 rings (SSSR count). The number of aryl methyl sites for hydroxylation is 1. The monoisotopic (exact) mass is 279 g/mol. The predicted molar refractivity (Wildman–Crippen MR) is 86.3 cm³/mol. The molecule has 18 heavy (non-hydrogen) atoms. The Balaban J connectivity index is 1.83. The quantitative estimate of drug-likeness (QED) is 0.657. The molecule has 1 aromatic carbocycles. The van der Waals surface area contributed by atoms with E-state index in [0.717, 1.165) is 5.69 Å². The lowest BCUT2D eigenvalue weighted by molar-refractivity contribution is 0.667. The Bertz CT molecular complexity index is 376. The van der Waals surface area contributed by atoms with Crippen molar-refractivity contribution in [3.05, 3.63) is 29.8 Å². The molecule has 0 amide bonds. The van der Waals surface area contributed by atoms with Crippen molar-refractivity contribution in [1.82, 2.24) is 0 Å². The Morgan fingerprint density at radius 2 is 1.72 bits per heavy atom. The van der Waals surface area contributed by atoms with E-state index in [0.29, 0.717) is 0 Å². The van der Waals surface area contributed by atoms with E-state index in [1.165, 1.54) is 53.5 Å². The summed E-state index contributed by atoms with van der Waals surface area (Å²) in [5.74, 6) is 2.41. The zero-order valence-corrected chi connectivity index (χ0v) is 12.7. The van der Waals surface area contributed by atoms with Gasteiger partial charge in [0, 0.05) is 11.5 Å². The van der Waals surface area contributed by atoms with Crippen LogP contribution in [0.1, 0.15) is 38.2 Å². The molecule has 1 aromatic rings. The lowest BCUT2D eigenvalue weighted by Gasteiger charge is -2.02. The van der Waals surface area contributed by atoms with E-state index < -0.39 is 0 Å². The standard InChI is InChI=1S/C15H21NS2/c1-2-3-4-5-6-13-7-9-14(10-8-13)16-15-17-11-12-18-15/h7-10H,2-6,11-12H2,1H3. The van der Waals surface area contributed by atoms with Gasteiger partial charge >= 0.3 is 0 Å². The van der Waals surface area contributed by atoms with Gasteiger partial charge in [-0.05, 0) is 30.5 Å². The topological polar surface area (TPSA) is 12.4 Å². The number of nitrogens with zero attached hydrogens (tertiary/aromatic N) is 1. The average Bonchev–Trinajstić information content (AvgIpc) is 2.89. The Kier molecular flexibility index (Phi) is 6.15. The summed E-state index contributed by atoms with van der Waals surface area (Å²) in [5.41, 5.74) is 2.55. The molecule has 0 atom stereocenters. The maximum Gasteiger partial charge on any atom is 0.130 e. The molecule has 0 aliphatic carbocycles. The summed E-state index contributed by atoms with van der Waals surface area (Å²) in [4.78, 5) is 4.65. The first-order chi connectivity index (χ1) is 8.88. The summed E-state index contributed by atoms with van der Waals surface area (Å²) in [6.07, 6.45) is 6.55. The third-order valence-electron chi connectivity index (χ3n) is 3.01. The minimum absolute atomic E-state index is 1.10. The zero-order chi connectivity index (χ0) is 12.6. The minimum atomic E-state index is 1.10. The van der Waals surface area contributed by atoms with Crippen molar-refractivity contribution in [2.24, 2.45) is 4.99 Å². The first kappa shape index (κ1) is 14.0. The Labute approximate surface area is 119 Å². The van der Waals surface area contributed by atoms with Gasteiger partial charge in [-0.1, -0.05) is 61.8 Å². The van der Waals surface area contributed by atoms with Crippen LogP contribution in [0.25, 0.3) is 0 Å². The molecule has 1 aliphatic heterocycles. The highest BCUT2D eigenvalue weighted by Crippen LogP contribution is 2.29. The highest BCUT2D eigenvalue weighted by Gasteiger charge is 2.09. The van der Waals surface area contributed by atoms with Crippen molar-refractivity contribution >= 4 is 33.6 Å². The number of thioether (sulfide) groups is 2. The second kappa shape index (κ2) is 7.90. The highest BCUT2D eigenvalue weighted by atomic mass is 32.2. The molecule has 0 N–H and O–H groups in total. The average molecular weight is 279 g/mol. The maximum absolute atomic E-state index is 4.65. The molecule has 1 nitrogen and oxygen atoms in total. The van der Waals surface area contributed by atoms with Crippen LogP contribution in [-0.4, -0.2) is 15.9 Å². The van der Waals surface area contributed by atoms with Crippen molar-refractivity contribution in [3.63, 3.8) is 0 Å². The van der Waals surface area contributed by atoms with Gasteiger partial charge < -0.3 is 0 Å². The fourth-order valence-corrected chi connectivity index (χ4v) is 4.15. The molecule has 98 valence electrons. The van der Waals surface area contributed by atoms with E-state index in [4.69, 9.17) is 0 Å². The van der Waals surface area contributed by atoms with Gasteiger partial charge in [0.2, 0.25) is 0 Å². The molecule has 3 heteroatoms. The highest BCUT2D eigenvalue weighted by molar-refractivity contribution is 8.41. The Hall–Kier alpha value is -0.410. The summed E-state index contributed by atoms with van der Waals surface area (Å²) in [5, 5.41) is 0. The number of hydrogen-bond acceptors (Lipinski definition) is 3. The fourth-order valence-electron chi connectivity index (χ4n) is 1.96. The van der Waals surface area contributed by atoms with E-state index >= 15 is 0 Å². The third kappa shape index (κ3) is 4.69. The molecule has 1 aliphatic rings. The van der Waals surface area contributed by atoms with Crippen LogP contribution in [-0.2, 0) is 6.42 Å². The summed E-state index contributed by atoms with van der Waals surface area (Å²) < 4.78 is 1.23. The molecule has 0 radical (unpaired) electrons. The summed E-state index contributed by atoms with van der Waals surface area (Å²) in [6.45, 7) is 2.26. The Morgan fingerprint density at radius 1 is 1.00 bits per heavy atom. The number of aliphatic imine (C=N–C) groups is 1. The molecular formula is C15H21NS2. The lowest BCUT2D eigenvalue weighted by Crippen LogP contribution is -1.85. The number of hydrogen-bond donors (Lipinski definition) is 0. The molecule has 0 saturated carbocycles. The zero-order valence-electron chi connectivity index (χ0n) is 11.0. The van der Waals surface area contributed by atoms with Crippen LogP contribution < -0.4 is 0 Å². The van der Waals surface area contributed by atoms with Gasteiger partial charge in [0.15, 0.2) is 0 Å².